The Hall–Kier alpha value is -5.62. The molecule has 0 aliphatic rings. The molecule has 3 aromatic rings. The number of nitrogens with zero attached hydrogens (tertiary/aromatic N) is 1. The van der Waals surface area contributed by atoms with Gasteiger partial charge in [0.2, 0.25) is 23.5 Å². The highest BCUT2D eigenvalue weighted by Crippen LogP contribution is 2.44. The van der Waals surface area contributed by atoms with E-state index in [1.807, 2.05) is 11.4 Å². The molecule has 2 atom stereocenters. The number of hydrogen-bond acceptors (Lipinski definition) is 12. The number of carboxylic acids is 1. The van der Waals surface area contributed by atoms with Crippen molar-refractivity contribution in [3.8, 4) is 45.4 Å². The number of nitrogens with two attached hydrogens (primary N) is 2. The van der Waals surface area contributed by atoms with Gasteiger partial charge in [-0.1, -0.05) is 6.07 Å². The molecule has 3 amide bonds. The second kappa shape index (κ2) is 18.1. The number of ether oxygens (including phenoxy) is 4. The lowest BCUT2D eigenvalue weighted by molar-refractivity contribution is -0.139. The highest BCUT2D eigenvalue weighted by Gasteiger charge is 2.24. The molecule has 0 saturated heterocycles. The van der Waals surface area contributed by atoms with Crippen molar-refractivity contribution >= 4 is 46.9 Å². The minimum absolute atomic E-state index is 0.131. The van der Waals surface area contributed by atoms with Crippen LogP contribution in [-0.4, -0.2) is 92.7 Å². The molecule has 3 rings (SSSR count). The number of methoxy groups -OCH3 is 4. The van der Waals surface area contributed by atoms with Crippen molar-refractivity contribution in [2.24, 2.45) is 11.5 Å². The largest absolute Gasteiger partial charge is 0.495 e. The Balaban J connectivity index is 1.87. The highest BCUT2D eigenvalue weighted by atomic mass is 32.1. The zero-order valence-electron chi connectivity index (χ0n) is 27.4. The molecule has 0 radical (unpaired) electrons. The minimum Gasteiger partial charge on any atom is -0.495 e. The fourth-order valence-corrected chi connectivity index (χ4v) is 5.40. The van der Waals surface area contributed by atoms with E-state index in [-0.39, 0.29) is 18.9 Å². The van der Waals surface area contributed by atoms with Gasteiger partial charge in [-0.25, -0.2) is 0 Å². The number of amides is 3. The number of aliphatic carboxylic acids is 1. The predicted octanol–water partition coefficient (Wildman–Crippen LogP) is 1.12. The number of benzene rings is 2. The molecule has 0 saturated carbocycles. The first kappa shape index (κ1) is 37.8. The first-order chi connectivity index (χ1) is 23.4. The Morgan fingerprint density at radius 2 is 1.61 bits per heavy atom. The minimum atomic E-state index is -1.35. The van der Waals surface area contributed by atoms with E-state index in [1.165, 1.54) is 40.0 Å². The van der Waals surface area contributed by atoms with Crippen molar-refractivity contribution in [3.63, 3.8) is 0 Å². The summed E-state index contributed by atoms with van der Waals surface area (Å²) in [5.41, 5.74) is 14.0. The van der Waals surface area contributed by atoms with Crippen LogP contribution >= 0.6 is 11.5 Å². The number of rotatable bonds is 18. The standard InChI is InChI=1S/C31H40N8O9S/c1-45-22-8-7-16(18-15-49-39-27(18)17-11-23(46-2)28(48-4)24(12-17)47-3)10-21(22)38-30(44)20(6-5-9-35-31(33)34)37-25(40)14-36-29(43)19(32)13-26(41)42/h7-8,10-12,15,19-20H,5-6,9,13-14,32H2,1-4H3,(H,36,43)(H,37,40)(H,38,44)(H,41,42)(H4,33,34,35)/t19-,20-/m0/s1. The molecule has 0 aliphatic heterocycles. The molecule has 0 aliphatic carbocycles. The first-order valence-electron chi connectivity index (χ1n) is 14.8. The second-order valence-corrected chi connectivity index (χ2v) is 11.0. The Kier molecular flexibility index (Phi) is 13.9. The van der Waals surface area contributed by atoms with Gasteiger partial charge in [0.15, 0.2) is 17.5 Å². The second-order valence-electron chi connectivity index (χ2n) is 10.4. The summed E-state index contributed by atoms with van der Waals surface area (Å²) in [5.74, 6) is -1.97. The molecule has 0 fully saturated rings. The number of carboxylic acid groups (broad SMARTS) is 1. The number of hydrogen-bond donors (Lipinski definition) is 8. The maximum absolute atomic E-state index is 13.6. The monoisotopic (exact) mass is 700 g/mol. The lowest BCUT2D eigenvalue weighted by atomic mass is 10.0. The molecule has 0 bridgehead atoms. The van der Waals surface area contributed by atoms with Gasteiger partial charge >= 0.3 is 5.97 Å². The third kappa shape index (κ3) is 10.4. The maximum atomic E-state index is 13.6. The van der Waals surface area contributed by atoms with Crippen LogP contribution in [0.5, 0.6) is 23.0 Å². The van der Waals surface area contributed by atoms with E-state index in [0.29, 0.717) is 51.9 Å². The topological polar surface area (TPSA) is 262 Å². The zero-order valence-corrected chi connectivity index (χ0v) is 28.2. The van der Waals surface area contributed by atoms with Gasteiger partial charge in [0.05, 0.1) is 58.8 Å². The molecule has 1 heterocycles. The molecule has 10 N–H and O–H groups in total. The number of guanidine groups is 1. The normalized spacial score (nSPS) is 11.8. The van der Waals surface area contributed by atoms with Crippen LogP contribution in [0.1, 0.15) is 19.3 Å². The summed E-state index contributed by atoms with van der Waals surface area (Å²) in [6.45, 7) is -0.293. The van der Waals surface area contributed by atoms with Gasteiger partial charge < -0.3 is 56.8 Å². The number of carbonyl (C=O) groups excluding carboxylic acids is 3. The van der Waals surface area contributed by atoms with Crippen LogP contribution in [0.4, 0.5) is 5.69 Å². The van der Waals surface area contributed by atoms with E-state index >= 15 is 0 Å². The summed E-state index contributed by atoms with van der Waals surface area (Å²) >= 11 is 1.23. The van der Waals surface area contributed by atoms with Gasteiger partial charge in [0.25, 0.3) is 0 Å². The van der Waals surface area contributed by atoms with Crippen LogP contribution in [0.25, 0.3) is 22.4 Å². The van der Waals surface area contributed by atoms with Crippen LogP contribution in [0.2, 0.25) is 0 Å². The van der Waals surface area contributed by atoms with Crippen LogP contribution in [0.15, 0.2) is 35.7 Å². The van der Waals surface area contributed by atoms with Crippen LogP contribution < -0.4 is 51.7 Å². The van der Waals surface area contributed by atoms with E-state index in [0.717, 1.165) is 5.56 Å². The van der Waals surface area contributed by atoms with Gasteiger partial charge in [-0.15, -0.1) is 0 Å². The van der Waals surface area contributed by atoms with Crippen molar-refractivity contribution in [1.29, 1.82) is 5.41 Å². The summed E-state index contributed by atoms with van der Waals surface area (Å²) in [4.78, 5) is 49.3. The number of anilines is 1. The number of nitrogens with one attached hydrogen (secondary N) is 5. The summed E-state index contributed by atoms with van der Waals surface area (Å²) in [7, 11) is 6.00. The van der Waals surface area contributed by atoms with E-state index in [4.69, 9.17) is 40.9 Å². The summed E-state index contributed by atoms with van der Waals surface area (Å²) in [6, 6.07) is 6.32. The molecule has 17 nitrogen and oxygen atoms in total. The Morgan fingerprint density at radius 1 is 0.939 bits per heavy atom. The number of aromatic nitrogens is 1. The summed E-state index contributed by atoms with van der Waals surface area (Å²) < 4.78 is 26.6. The van der Waals surface area contributed by atoms with Gasteiger partial charge in [-0.3, -0.25) is 24.6 Å². The van der Waals surface area contributed by atoms with Gasteiger partial charge in [0.1, 0.15) is 11.8 Å². The summed E-state index contributed by atoms with van der Waals surface area (Å²) in [5, 5.41) is 28.4. The third-order valence-electron chi connectivity index (χ3n) is 7.07. The van der Waals surface area contributed by atoms with E-state index < -0.39 is 48.7 Å². The molecule has 264 valence electrons. The smallest absolute Gasteiger partial charge is 0.305 e. The van der Waals surface area contributed by atoms with Gasteiger partial charge in [-0.05, 0) is 54.2 Å². The average molecular weight is 701 g/mol. The molecule has 18 heteroatoms. The predicted molar refractivity (Wildman–Crippen MR) is 182 cm³/mol. The van der Waals surface area contributed by atoms with Crippen LogP contribution in [0.3, 0.4) is 0 Å². The number of carbonyl (C=O) groups is 4. The third-order valence-corrected chi connectivity index (χ3v) is 7.70. The summed E-state index contributed by atoms with van der Waals surface area (Å²) in [6.07, 6.45) is -0.149. The van der Waals surface area contributed by atoms with Crippen molar-refractivity contribution < 1.29 is 43.2 Å². The van der Waals surface area contributed by atoms with Crippen LogP contribution in [0, 0.1) is 5.41 Å². The molecule has 2 aromatic carbocycles. The van der Waals surface area contributed by atoms with Crippen molar-refractivity contribution in [1.82, 2.24) is 20.3 Å². The lowest BCUT2D eigenvalue weighted by Crippen LogP contribution is -2.50. The first-order valence-corrected chi connectivity index (χ1v) is 15.6. The van der Waals surface area contributed by atoms with E-state index in [1.54, 1.807) is 24.3 Å². The fraction of sp³-hybridized carbons (Fsp3) is 0.355. The Bertz CT molecular complexity index is 1640. The average Bonchev–Trinajstić information content (AvgIpc) is 3.57. The molecule has 0 unspecified atom stereocenters. The van der Waals surface area contributed by atoms with Gasteiger partial charge in [-0.2, -0.15) is 4.37 Å². The van der Waals surface area contributed by atoms with Crippen molar-refractivity contribution in [3.05, 3.63) is 35.7 Å². The molecule has 1 aromatic heterocycles. The van der Waals surface area contributed by atoms with Crippen LogP contribution in [-0.2, 0) is 19.2 Å². The fourth-order valence-electron chi connectivity index (χ4n) is 4.68. The molecule has 49 heavy (non-hydrogen) atoms. The zero-order chi connectivity index (χ0) is 36.1. The van der Waals surface area contributed by atoms with E-state index in [2.05, 4.69) is 25.6 Å². The molecule has 0 spiro atoms. The van der Waals surface area contributed by atoms with Crippen molar-refractivity contribution in [2.45, 2.75) is 31.3 Å². The van der Waals surface area contributed by atoms with E-state index in [9.17, 15) is 19.2 Å². The molecular formula is C31H40N8O9S. The SMILES string of the molecule is COc1ccc(-c2csnc2-c2cc(OC)c(OC)c(OC)c2)cc1NC(=O)[C@H](CCCNC(=N)N)NC(=O)CNC(=O)[C@@H](N)CC(=O)O. The quantitative estimate of drug-likeness (QED) is 0.0526. The molecular weight excluding hydrogens is 660 g/mol. The lowest BCUT2D eigenvalue weighted by Gasteiger charge is -2.20. The van der Waals surface area contributed by atoms with Gasteiger partial charge in [0, 0.05) is 23.1 Å². The highest BCUT2D eigenvalue weighted by molar-refractivity contribution is 7.04. The maximum Gasteiger partial charge on any atom is 0.305 e. The van der Waals surface area contributed by atoms with Crippen molar-refractivity contribution in [2.75, 3.05) is 46.8 Å². The Morgan fingerprint density at radius 3 is 2.20 bits per heavy atom. The Labute approximate surface area is 286 Å².